The minimum Gasteiger partial charge on any atom is -0.121 e. The summed E-state index contributed by atoms with van der Waals surface area (Å²) in [6, 6.07) is 1.49. The molecule has 0 aliphatic carbocycles. The van der Waals surface area contributed by atoms with Crippen molar-refractivity contribution < 1.29 is 0 Å². The molecule has 0 unspecified atom stereocenters. The number of benzene rings is 2. The van der Waals surface area contributed by atoms with Gasteiger partial charge in [0.05, 0.1) is 40.2 Å². The van der Waals surface area contributed by atoms with Crippen molar-refractivity contribution in [1.82, 2.24) is 0 Å². The van der Waals surface area contributed by atoms with Crippen LogP contribution in [-0.4, -0.2) is 0 Å². The number of rotatable bonds is 2. The molecule has 0 heterocycles. The molecular weight excluding hydrogens is 570 g/mol. The average molecular weight is 577 g/mol. The van der Waals surface area contributed by atoms with Gasteiger partial charge < -0.3 is 0 Å². The first-order valence-corrected chi connectivity index (χ1v) is 10.9. The van der Waals surface area contributed by atoms with Gasteiger partial charge in [-0.3, -0.25) is 0 Å². The maximum atomic E-state index is 5.92. The molecule has 2 aromatic rings. The van der Waals surface area contributed by atoms with E-state index >= 15 is 0 Å². The molecule has 26 heavy (non-hydrogen) atoms. The lowest BCUT2D eigenvalue weighted by molar-refractivity contribution is 1.30. The molecule has 0 bridgehead atoms. The van der Waals surface area contributed by atoms with Crippen molar-refractivity contribution in [1.29, 1.82) is 0 Å². The summed E-state index contributed by atoms with van der Waals surface area (Å²) in [6.07, 6.45) is 0. The summed E-state index contributed by atoms with van der Waals surface area (Å²) in [5.41, 5.74) is 1.95. The molecule has 0 saturated carbocycles. The van der Waals surface area contributed by atoms with Crippen LogP contribution < -0.4 is 0 Å². The highest BCUT2D eigenvalue weighted by Gasteiger charge is 2.17. The Bertz CT molecular complexity index is 785. The Balaban J connectivity index is 0.000000260. The van der Waals surface area contributed by atoms with Crippen LogP contribution in [0.15, 0.2) is 6.07 Å². The molecule has 0 saturated heterocycles. The van der Waals surface area contributed by atoms with E-state index in [1.807, 2.05) is 0 Å². The van der Waals surface area contributed by atoms with Crippen LogP contribution in [0.3, 0.4) is 0 Å². The van der Waals surface area contributed by atoms with E-state index < -0.39 is 4.84 Å². The minimum atomic E-state index is -0.778. The van der Waals surface area contributed by atoms with Gasteiger partial charge in [-0.25, -0.2) is 0 Å². The van der Waals surface area contributed by atoms with E-state index in [9.17, 15) is 0 Å². The highest BCUT2D eigenvalue weighted by atomic mass is 35.5. The molecule has 2 rings (SSSR count). The van der Waals surface area contributed by atoms with Crippen molar-refractivity contribution in [2.24, 2.45) is 0 Å². The van der Waals surface area contributed by atoms with Gasteiger partial charge in [0.2, 0.25) is 0 Å². The Kier molecular flexibility index (Phi) is 11.0. The minimum absolute atomic E-state index is 0.164. The van der Waals surface area contributed by atoms with Crippen molar-refractivity contribution in [3.05, 3.63) is 62.9 Å². The highest BCUT2D eigenvalue weighted by Crippen LogP contribution is 2.43. The molecular formula is C15H7Cl11. The predicted molar refractivity (Wildman–Crippen MR) is 122 cm³/mol. The summed E-state index contributed by atoms with van der Waals surface area (Å²) in [4.78, 5) is -0.778. The SMILES string of the molecule is Cc1c(Cl)c(Cl)c(Cl)c(Cl)c1CCl.Clc1cc(C(Cl)Cl)c(Cl)c(Cl)c1Cl. The summed E-state index contributed by atoms with van der Waals surface area (Å²) >= 11 is 63.5. The molecule has 0 aliphatic heterocycles. The lowest BCUT2D eigenvalue weighted by Gasteiger charge is -2.11. The summed E-state index contributed by atoms with van der Waals surface area (Å²) in [7, 11) is 0. The van der Waals surface area contributed by atoms with E-state index in [-0.39, 0.29) is 36.0 Å². The summed E-state index contributed by atoms with van der Waals surface area (Å²) in [5.74, 6) is 0.265. The van der Waals surface area contributed by atoms with Gasteiger partial charge >= 0.3 is 0 Å². The van der Waals surface area contributed by atoms with Gasteiger partial charge in [0.15, 0.2) is 0 Å². The number of hydrogen-bond acceptors (Lipinski definition) is 0. The maximum absolute atomic E-state index is 5.92. The quantitative estimate of drug-likeness (QED) is 0.189. The molecule has 0 amide bonds. The van der Waals surface area contributed by atoms with E-state index in [0.717, 1.165) is 11.1 Å². The van der Waals surface area contributed by atoms with E-state index in [1.165, 1.54) is 6.07 Å². The van der Waals surface area contributed by atoms with Gasteiger partial charge in [-0.05, 0) is 24.1 Å². The monoisotopic (exact) mass is 572 g/mol. The van der Waals surface area contributed by atoms with Gasteiger partial charge in [-0.1, -0.05) is 92.8 Å². The molecule has 0 radical (unpaired) electrons. The summed E-state index contributed by atoms with van der Waals surface area (Å²) < 4.78 is 0. The Morgan fingerprint density at radius 1 is 0.692 bits per heavy atom. The fourth-order valence-electron chi connectivity index (χ4n) is 1.70. The summed E-state index contributed by atoms with van der Waals surface area (Å²) in [5, 5.41) is 2.19. The van der Waals surface area contributed by atoms with Crippen molar-refractivity contribution in [3.8, 4) is 0 Å². The molecule has 0 fully saturated rings. The number of hydrogen-bond donors (Lipinski definition) is 0. The smallest absolute Gasteiger partial charge is 0.121 e. The lowest BCUT2D eigenvalue weighted by atomic mass is 10.1. The highest BCUT2D eigenvalue weighted by molar-refractivity contribution is 6.54. The molecule has 0 nitrogen and oxygen atoms in total. The van der Waals surface area contributed by atoms with Gasteiger partial charge in [0, 0.05) is 11.4 Å². The van der Waals surface area contributed by atoms with Gasteiger partial charge in [-0.15, -0.1) is 34.8 Å². The number of halogens is 11. The number of alkyl halides is 3. The molecule has 0 atom stereocenters. The van der Waals surface area contributed by atoms with Crippen LogP contribution in [0, 0.1) is 6.92 Å². The van der Waals surface area contributed by atoms with Crippen molar-refractivity contribution in [2.45, 2.75) is 17.6 Å². The summed E-state index contributed by atoms with van der Waals surface area (Å²) in [6.45, 7) is 1.80. The van der Waals surface area contributed by atoms with E-state index in [0.29, 0.717) is 15.6 Å². The third-order valence-corrected chi connectivity index (χ3v) is 7.56. The first-order chi connectivity index (χ1) is 11.9. The van der Waals surface area contributed by atoms with E-state index in [4.69, 9.17) is 128 Å². The second-order valence-corrected chi connectivity index (χ2v) is 9.10. The standard InChI is InChI=1S/C8H5Cl5.C7H2Cl6/c1-3-4(2-9)6(11)8(13)7(12)5(3)10;8-3-1-2(7(12)13)4(9)6(11)5(3)10/h2H2,1H3;1,7H. The normalized spacial score (nSPS) is 10.8. The molecule has 144 valence electrons. The topological polar surface area (TPSA) is 0 Å². The van der Waals surface area contributed by atoms with E-state index in [1.54, 1.807) is 6.92 Å². The van der Waals surface area contributed by atoms with Crippen molar-refractivity contribution in [3.63, 3.8) is 0 Å². The second kappa shape index (κ2) is 11.1. The van der Waals surface area contributed by atoms with Crippen LogP contribution in [0.2, 0.25) is 40.2 Å². The second-order valence-electron chi connectivity index (χ2n) is 4.68. The Hall–Kier alpha value is 1.63. The fraction of sp³-hybridized carbons (Fsp3) is 0.200. The maximum Gasteiger partial charge on any atom is 0.134 e. The van der Waals surface area contributed by atoms with Crippen molar-refractivity contribution >= 4 is 128 Å². The molecule has 0 aromatic heterocycles. The molecule has 11 heteroatoms. The van der Waals surface area contributed by atoms with Crippen LogP contribution in [0.1, 0.15) is 21.5 Å². The first kappa shape index (κ1) is 25.7. The Morgan fingerprint density at radius 3 is 1.62 bits per heavy atom. The predicted octanol–water partition coefficient (Wildman–Crippen LogP) is 11.1. The Morgan fingerprint density at radius 2 is 1.15 bits per heavy atom. The first-order valence-electron chi connectivity index (χ1n) is 6.44. The fourth-order valence-corrected chi connectivity index (χ4v) is 4.53. The van der Waals surface area contributed by atoms with Crippen LogP contribution in [-0.2, 0) is 5.88 Å². The van der Waals surface area contributed by atoms with Crippen LogP contribution in [0.25, 0.3) is 0 Å². The molecule has 0 N–H and O–H groups in total. The van der Waals surface area contributed by atoms with Gasteiger partial charge in [0.25, 0.3) is 0 Å². The zero-order chi connectivity index (χ0) is 20.3. The van der Waals surface area contributed by atoms with Crippen LogP contribution >= 0.6 is 128 Å². The van der Waals surface area contributed by atoms with Crippen LogP contribution in [0.4, 0.5) is 0 Å². The third-order valence-electron chi connectivity index (χ3n) is 3.12. The zero-order valence-corrected chi connectivity index (χ0v) is 20.8. The van der Waals surface area contributed by atoms with Gasteiger partial charge in [-0.2, -0.15) is 0 Å². The van der Waals surface area contributed by atoms with Crippen molar-refractivity contribution in [2.75, 3.05) is 0 Å². The van der Waals surface area contributed by atoms with Gasteiger partial charge in [0.1, 0.15) is 4.84 Å². The molecule has 2 aromatic carbocycles. The van der Waals surface area contributed by atoms with Crippen LogP contribution in [0.5, 0.6) is 0 Å². The van der Waals surface area contributed by atoms with E-state index in [2.05, 4.69) is 0 Å². The third kappa shape index (κ3) is 5.83. The lowest BCUT2D eigenvalue weighted by Crippen LogP contribution is -1.90. The molecule has 0 aliphatic rings. The zero-order valence-electron chi connectivity index (χ0n) is 12.5. The average Bonchev–Trinajstić information content (AvgIpc) is 2.60. The molecule has 0 spiro atoms. The Labute approximate surface area is 206 Å². The largest absolute Gasteiger partial charge is 0.134 e.